The quantitative estimate of drug-likeness (QED) is 0.684. The molecule has 66 valence electrons. The summed E-state index contributed by atoms with van der Waals surface area (Å²) in [6.07, 6.45) is 2.61. The Balaban J connectivity index is 2.44. The molecule has 0 saturated heterocycles. The van der Waals surface area contributed by atoms with Gasteiger partial charge in [-0.3, -0.25) is 4.79 Å². The lowest BCUT2D eigenvalue weighted by molar-refractivity contribution is 0.1000. The highest BCUT2D eigenvalue weighted by molar-refractivity contribution is 7.98. The van der Waals surface area contributed by atoms with E-state index in [9.17, 15) is 4.79 Å². The number of hydrogen-bond acceptors (Lipinski definition) is 3. The average Bonchev–Trinajstić information content (AvgIpc) is 2.17. The molecule has 3 nitrogen and oxygen atoms in total. The number of fused-ring (bicyclic) bond motifs is 1. The van der Waals surface area contributed by atoms with Crippen LogP contribution < -0.4 is 5.73 Å². The van der Waals surface area contributed by atoms with Crippen molar-refractivity contribution in [2.75, 3.05) is 0 Å². The summed E-state index contributed by atoms with van der Waals surface area (Å²) in [7, 11) is 0. The Labute approximate surface area is 80.2 Å². The monoisotopic (exact) mass is 192 g/mol. The van der Waals surface area contributed by atoms with Gasteiger partial charge in [-0.1, -0.05) is 0 Å². The molecule has 1 aliphatic rings. The van der Waals surface area contributed by atoms with Crippen LogP contribution in [0.3, 0.4) is 0 Å². The van der Waals surface area contributed by atoms with E-state index in [1.807, 2.05) is 18.3 Å². The van der Waals surface area contributed by atoms with Crippen LogP contribution in [0.1, 0.15) is 15.9 Å². The number of nitrogens with zero attached hydrogens (tertiary/aromatic N) is 1. The second-order valence-corrected chi connectivity index (χ2v) is 3.60. The summed E-state index contributed by atoms with van der Waals surface area (Å²) in [6, 6.07) is 5.45. The number of amides is 1. The first-order chi connectivity index (χ1) is 6.27. The second-order valence-electron chi connectivity index (χ2n) is 2.77. The smallest absolute Gasteiger partial charge is 0.248 e. The fourth-order valence-electron chi connectivity index (χ4n) is 1.21. The molecule has 2 N–H and O–H groups in total. The van der Waals surface area contributed by atoms with Crippen molar-refractivity contribution in [3.63, 3.8) is 0 Å². The predicted octanol–water partition coefficient (Wildman–Crippen LogP) is 1.42. The molecule has 2 rings (SSSR count). The van der Waals surface area contributed by atoms with Crippen LogP contribution in [0.25, 0.3) is 0 Å². The highest BCUT2D eigenvalue weighted by atomic mass is 32.2. The van der Waals surface area contributed by atoms with Gasteiger partial charge in [0, 0.05) is 35.0 Å². The number of rotatable bonds is 1. The zero-order valence-electron chi connectivity index (χ0n) is 6.86. The SMILES string of the molecule is NC(=O)c1ccc2c(c1)CC=NS2. The summed E-state index contributed by atoms with van der Waals surface area (Å²) < 4.78 is 4.07. The van der Waals surface area contributed by atoms with Gasteiger partial charge in [-0.15, -0.1) is 0 Å². The number of nitrogens with two attached hydrogens (primary N) is 1. The minimum Gasteiger partial charge on any atom is -0.366 e. The topological polar surface area (TPSA) is 55.5 Å². The lowest BCUT2D eigenvalue weighted by atomic mass is 10.1. The Morgan fingerprint density at radius 2 is 2.38 bits per heavy atom. The first-order valence-corrected chi connectivity index (χ1v) is 4.66. The van der Waals surface area contributed by atoms with Crippen molar-refractivity contribution in [3.05, 3.63) is 29.3 Å². The number of benzene rings is 1. The number of primary amides is 1. The van der Waals surface area contributed by atoms with Crippen molar-refractivity contribution in [1.82, 2.24) is 0 Å². The van der Waals surface area contributed by atoms with Gasteiger partial charge in [-0.25, -0.2) is 4.40 Å². The summed E-state index contributed by atoms with van der Waals surface area (Å²) >= 11 is 1.43. The molecule has 0 unspecified atom stereocenters. The summed E-state index contributed by atoms with van der Waals surface area (Å²) in [5.41, 5.74) is 6.85. The van der Waals surface area contributed by atoms with Gasteiger partial charge in [0.15, 0.2) is 0 Å². The van der Waals surface area contributed by atoms with Crippen LogP contribution in [0.4, 0.5) is 0 Å². The predicted molar refractivity (Wildman–Crippen MR) is 53.0 cm³/mol. The zero-order valence-corrected chi connectivity index (χ0v) is 7.67. The summed E-state index contributed by atoms with van der Waals surface area (Å²) in [4.78, 5) is 12.0. The van der Waals surface area contributed by atoms with Gasteiger partial charge in [0.05, 0.1) is 0 Å². The van der Waals surface area contributed by atoms with Gasteiger partial charge >= 0.3 is 0 Å². The van der Waals surface area contributed by atoms with E-state index in [-0.39, 0.29) is 5.91 Å². The normalized spacial score (nSPS) is 13.8. The Morgan fingerprint density at radius 1 is 1.54 bits per heavy atom. The Kier molecular flexibility index (Phi) is 2.06. The highest BCUT2D eigenvalue weighted by Crippen LogP contribution is 2.27. The van der Waals surface area contributed by atoms with Crippen LogP contribution in [0, 0.1) is 0 Å². The van der Waals surface area contributed by atoms with E-state index in [2.05, 4.69) is 4.40 Å². The Hall–Kier alpha value is -1.29. The molecule has 1 heterocycles. The third kappa shape index (κ3) is 1.58. The van der Waals surface area contributed by atoms with E-state index in [4.69, 9.17) is 5.73 Å². The molecule has 0 aliphatic carbocycles. The van der Waals surface area contributed by atoms with E-state index >= 15 is 0 Å². The molecule has 1 aromatic carbocycles. The molecule has 0 atom stereocenters. The zero-order chi connectivity index (χ0) is 9.26. The van der Waals surface area contributed by atoms with Gasteiger partial charge in [0.2, 0.25) is 5.91 Å². The maximum absolute atomic E-state index is 10.9. The van der Waals surface area contributed by atoms with Crippen LogP contribution in [0.15, 0.2) is 27.5 Å². The Bertz CT molecular complexity index is 387. The van der Waals surface area contributed by atoms with E-state index < -0.39 is 0 Å². The van der Waals surface area contributed by atoms with Crippen LogP contribution in [0.2, 0.25) is 0 Å². The van der Waals surface area contributed by atoms with E-state index in [0.29, 0.717) is 5.56 Å². The van der Waals surface area contributed by atoms with Crippen molar-refractivity contribution in [1.29, 1.82) is 0 Å². The third-order valence-corrected chi connectivity index (χ3v) is 2.73. The first kappa shape index (κ1) is 8.31. The molecule has 0 radical (unpaired) electrons. The lowest BCUT2D eigenvalue weighted by Gasteiger charge is -2.09. The molecule has 0 spiro atoms. The lowest BCUT2D eigenvalue weighted by Crippen LogP contribution is -2.11. The Morgan fingerprint density at radius 3 is 3.15 bits per heavy atom. The molecule has 1 aromatic rings. The molecule has 4 heteroatoms. The van der Waals surface area contributed by atoms with Gasteiger partial charge in [-0.05, 0) is 23.8 Å². The van der Waals surface area contributed by atoms with Gasteiger partial charge in [-0.2, -0.15) is 0 Å². The van der Waals surface area contributed by atoms with Crippen molar-refractivity contribution in [3.8, 4) is 0 Å². The van der Waals surface area contributed by atoms with Crippen LogP contribution in [-0.4, -0.2) is 12.1 Å². The van der Waals surface area contributed by atoms with Crippen LogP contribution >= 0.6 is 11.9 Å². The number of carbonyl (C=O) groups excluding carboxylic acids is 1. The van der Waals surface area contributed by atoms with Crippen molar-refractivity contribution < 1.29 is 4.79 Å². The van der Waals surface area contributed by atoms with E-state index in [1.165, 1.54) is 11.9 Å². The first-order valence-electron chi connectivity index (χ1n) is 3.89. The molecule has 0 aromatic heterocycles. The van der Waals surface area contributed by atoms with Crippen molar-refractivity contribution >= 4 is 24.1 Å². The fraction of sp³-hybridized carbons (Fsp3) is 0.111. The largest absolute Gasteiger partial charge is 0.366 e. The molecule has 1 aliphatic heterocycles. The summed E-state index contributed by atoms with van der Waals surface area (Å²) in [6.45, 7) is 0. The molecule has 0 fully saturated rings. The molecule has 0 bridgehead atoms. The standard InChI is InChI=1S/C9H8N2OS/c10-9(12)7-1-2-8-6(5-7)3-4-11-13-8/h1-2,4-5H,3H2,(H2,10,12). The third-order valence-electron chi connectivity index (χ3n) is 1.88. The number of hydrogen-bond donors (Lipinski definition) is 1. The maximum atomic E-state index is 10.9. The van der Waals surface area contributed by atoms with Crippen LogP contribution in [-0.2, 0) is 6.42 Å². The van der Waals surface area contributed by atoms with E-state index in [1.54, 1.807) is 6.07 Å². The van der Waals surface area contributed by atoms with Gasteiger partial charge in [0.1, 0.15) is 0 Å². The van der Waals surface area contributed by atoms with Gasteiger partial charge < -0.3 is 5.73 Å². The maximum Gasteiger partial charge on any atom is 0.248 e. The average molecular weight is 192 g/mol. The molecular formula is C9H8N2OS. The van der Waals surface area contributed by atoms with Crippen molar-refractivity contribution in [2.45, 2.75) is 11.3 Å². The minimum absolute atomic E-state index is 0.379. The van der Waals surface area contributed by atoms with Crippen LogP contribution in [0.5, 0.6) is 0 Å². The molecule has 0 saturated carbocycles. The second kappa shape index (κ2) is 3.22. The molecule has 13 heavy (non-hydrogen) atoms. The van der Waals surface area contributed by atoms with Crippen molar-refractivity contribution in [2.24, 2.45) is 10.1 Å². The fourth-order valence-corrected chi connectivity index (χ4v) is 1.86. The minimum atomic E-state index is -0.379. The molecule has 1 amide bonds. The summed E-state index contributed by atoms with van der Waals surface area (Å²) in [5.74, 6) is -0.379. The molecular weight excluding hydrogens is 184 g/mol. The van der Waals surface area contributed by atoms with E-state index in [0.717, 1.165) is 16.9 Å². The summed E-state index contributed by atoms with van der Waals surface area (Å²) in [5, 5.41) is 0. The number of carbonyl (C=O) groups is 1. The van der Waals surface area contributed by atoms with Gasteiger partial charge in [0.25, 0.3) is 0 Å². The highest BCUT2D eigenvalue weighted by Gasteiger charge is 2.09.